The smallest absolute Gasteiger partial charge is 0.232 e. The molecule has 4 rings (SSSR count). The molecule has 0 radical (unpaired) electrons. The Labute approximate surface area is 141 Å². The lowest BCUT2D eigenvalue weighted by atomic mass is 9.83. The van der Waals surface area contributed by atoms with Crippen LogP contribution in [-0.2, 0) is 12.8 Å². The largest absolute Gasteiger partial charge is 0.480 e. The van der Waals surface area contributed by atoms with Crippen LogP contribution in [0.3, 0.4) is 0 Å². The standard InChI is InChI=1S/C21H16N2O/c1-24-21-18(13-22)19(15-8-3-2-4-9-15)17-12-11-14-7-5-6-10-16(14)20(17)23-21/h2-10H,11-12H2,1H3. The predicted molar refractivity (Wildman–Crippen MR) is 93.8 cm³/mol. The summed E-state index contributed by atoms with van der Waals surface area (Å²) >= 11 is 0. The van der Waals surface area contributed by atoms with Crippen molar-refractivity contribution in [2.24, 2.45) is 0 Å². The van der Waals surface area contributed by atoms with Crippen molar-refractivity contribution in [3.05, 3.63) is 71.3 Å². The van der Waals surface area contributed by atoms with Gasteiger partial charge in [-0.05, 0) is 29.5 Å². The molecule has 1 heterocycles. The molecule has 0 amide bonds. The van der Waals surface area contributed by atoms with E-state index in [1.54, 1.807) is 7.11 Å². The maximum atomic E-state index is 9.72. The molecule has 0 atom stereocenters. The van der Waals surface area contributed by atoms with Crippen molar-refractivity contribution in [2.75, 3.05) is 7.11 Å². The molecule has 0 fully saturated rings. The van der Waals surface area contributed by atoms with Crippen LogP contribution in [0.25, 0.3) is 22.4 Å². The highest BCUT2D eigenvalue weighted by Crippen LogP contribution is 2.42. The summed E-state index contributed by atoms with van der Waals surface area (Å²) in [6, 6.07) is 20.7. The Balaban J connectivity index is 2.09. The third-order valence-electron chi connectivity index (χ3n) is 4.55. The summed E-state index contributed by atoms with van der Waals surface area (Å²) in [5.74, 6) is 0.395. The van der Waals surface area contributed by atoms with Crippen LogP contribution in [0.1, 0.15) is 16.7 Å². The van der Waals surface area contributed by atoms with Gasteiger partial charge in [0, 0.05) is 11.1 Å². The van der Waals surface area contributed by atoms with Crippen LogP contribution in [0, 0.1) is 11.3 Å². The number of nitrogens with zero attached hydrogens (tertiary/aromatic N) is 2. The second-order valence-electron chi connectivity index (χ2n) is 5.83. The zero-order chi connectivity index (χ0) is 16.5. The van der Waals surface area contributed by atoms with Crippen molar-refractivity contribution in [1.29, 1.82) is 5.26 Å². The second-order valence-corrected chi connectivity index (χ2v) is 5.83. The van der Waals surface area contributed by atoms with Gasteiger partial charge in [0.25, 0.3) is 0 Å². The first-order valence-electron chi connectivity index (χ1n) is 7.98. The highest BCUT2D eigenvalue weighted by molar-refractivity contribution is 5.84. The molecule has 3 nitrogen and oxygen atoms in total. The van der Waals surface area contributed by atoms with Gasteiger partial charge < -0.3 is 4.74 Å². The van der Waals surface area contributed by atoms with Crippen molar-refractivity contribution in [2.45, 2.75) is 12.8 Å². The van der Waals surface area contributed by atoms with Crippen LogP contribution in [0.15, 0.2) is 54.6 Å². The van der Waals surface area contributed by atoms with E-state index < -0.39 is 0 Å². The molecule has 1 aliphatic carbocycles. The van der Waals surface area contributed by atoms with Gasteiger partial charge in [-0.1, -0.05) is 54.6 Å². The fourth-order valence-corrected chi connectivity index (χ4v) is 3.47. The van der Waals surface area contributed by atoms with Gasteiger partial charge in [-0.3, -0.25) is 0 Å². The molecule has 0 N–H and O–H groups in total. The number of pyridine rings is 1. The van der Waals surface area contributed by atoms with Crippen LogP contribution in [0.4, 0.5) is 0 Å². The van der Waals surface area contributed by atoms with Gasteiger partial charge >= 0.3 is 0 Å². The molecule has 0 bridgehead atoms. The number of benzene rings is 2. The van der Waals surface area contributed by atoms with E-state index in [-0.39, 0.29) is 0 Å². The number of rotatable bonds is 2. The number of aromatic nitrogens is 1. The maximum Gasteiger partial charge on any atom is 0.232 e. The molecule has 24 heavy (non-hydrogen) atoms. The predicted octanol–water partition coefficient (Wildman–Crippen LogP) is 4.39. The first-order chi connectivity index (χ1) is 11.8. The molecule has 3 heteroatoms. The minimum Gasteiger partial charge on any atom is -0.480 e. The minimum absolute atomic E-state index is 0.395. The lowest BCUT2D eigenvalue weighted by Gasteiger charge is -2.23. The van der Waals surface area contributed by atoms with Gasteiger partial charge in [0.1, 0.15) is 11.6 Å². The Morgan fingerprint density at radius 1 is 1.00 bits per heavy atom. The average molecular weight is 312 g/mol. The molecule has 0 spiro atoms. The van der Waals surface area contributed by atoms with E-state index in [0.29, 0.717) is 11.4 Å². The number of aryl methyl sites for hydroxylation is 1. The fourth-order valence-electron chi connectivity index (χ4n) is 3.47. The van der Waals surface area contributed by atoms with Crippen LogP contribution in [0.5, 0.6) is 5.88 Å². The number of ether oxygens (including phenoxy) is 1. The van der Waals surface area contributed by atoms with E-state index in [4.69, 9.17) is 4.74 Å². The Morgan fingerprint density at radius 2 is 1.75 bits per heavy atom. The highest BCUT2D eigenvalue weighted by Gasteiger charge is 2.26. The SMILES string of the molecule is COc1nc2c(c(-c3ccccc3)c1C#N)CCc1ccccc1-2. The summed E-state index contributed by atoms with van der Waals surface area (Å²) in [5, 5.41) is 9.72. The molecule has 116 valence electrons. The number of methoxy groups -OCH3 is 1. The summed E-state index contributed by atoms with van der Waals surface area (Å²) in [5.41, 5.74) is 7.01. The van der Waals surface area contributed by atoms with Crippen molar-refractivity contribution >= 4 is 0 Å². The molecule has 0 saturated carbocycles. The maximum absolute atomic E-state index is 9.72. The summed E-state index contributed by atoms with van der Waals surface area (Å²) in [7, 11) is 1.57. The fraction of sp³-hybridized carbons (Fsp3) is 0.143. The van der Waals surface area contributed by atoms with Crippen LogP contribution in [0.2, 0.25) is 0 Å². The van der Waals surface area contributed by atoms with Crippen molar-refractivity contribution in [3.8, 4) is 34.3 Å². The van der Waals surface area contributed by atoms with Gasteiger partial charge in [-0.2, -0.15) is 5.26 Å². The van der Waals surface area contributed by atoms with E-state index in [1.807, 2.05) is 36.4 Å². The second kappa shape index (κ2) is 5.82. The summed E-state index contributed by atoms with van der Waals surface area (Å²) in [6.07, 6.45) is 1.84. The van der Waals surface area contributed by atoms with Gasteiger partial charge in [0.15, 0.2) is 0 Å². The molecule has 1 aromatic heterocycles. The number of hydrogen-bond acceptors (Lipinski definition) is 3. The summed E-state index contributed by atoms with van der Waals surface area (Å²) in [4.78, 5) is 4.69. The Hall–Kier alpha value is -3.12. The molecular formula is C21H16N2O. The summed E-state index contributed by atoms with van der Waals surface area (Å²) < 4.78 is 5.45. The van der Waals surface area contributed by atoms with Crippen LogP contribution in [-0.4, -0.2) is 12.1 Å². The Kier molecular flexibility index (Phi) is 3.51. The lowest BCUT2D eigenvalue weighted by Crippen LogP contribution is -2.10. The average Bonchev–Trinajstić information content (AvgIpc) is 2.66. The van der Waals surface area contributed by atoms with Gasteiger partial charge in [0.2, 0.25) is 5.88 Å². The normalized spacial score (nSPS) is 12.0. The van der Waals surface area contributed by atoms with Gasteiger partial charge in [-0.25, -0.2) is 4.98 Å². The van der Waals surface area contributed by atoms with E-state index in [1.165, 1.54) is 5.56 Å². The molecule has 0 unspecified atom stereocenters. The van der Waals surface area contributed by atoms with Gasteiger partial charge in [0.05, 0.1) is 12.8 Å². The van der Waals surface area contributed by atoms with E-state index in [2.05, 4.69) is 29.3 Å². The number of hydrogen-bond donors (Lipinski definition) is 0. The summed E-state index contributed by atoms with van der Waals surface area (Å²) in [6.45, 7) is 0. The zero-order valence-electron chi connectivity index (χ0n) is 13.4. The zero-order valence-corrected chi connectivity index (χ0v) is 13.4. The number of fused-ring (bicyclic) bond motifs is 3. The van der Waals surface area contributed by atoms with Crippen LogP contribution < -0.4 is 4.74 Å². The monoisotopic (exact) mass is 312 g/mol. The molecular weight excluding hydrogens is 296 g/mol. The van der Waals surface area contributed by atoms with E-state index in [0.717, 1.165) is 40.8 Å². The first-order valence-corrected chi connectivity index (χ1v) is 7.98. The topological polar surface area (TPSA) is 45.9 Å². The van der Waals surface area contributed by atoms with Crippen molar-refractivity contribution in [3.63, 3.8) is 0 Å². The minimum atomic E-state index is 0.395. The van der Waals surface area contributed by atoms with Crippen molar-refractivity contribution < 1.29 is 4.74 Å². The van der Waals surface area contributed by atoms with Gasteiger partial charge in [-0.15, -0.1) is 0 Å². The highest BCUT2D eigenvalue weighted by atomic mass is 16.5. The molecule has 3 aromatic rings. The Bertz CT molecular complexity index is 956. The molecule has 1 aliphatic rings. The third kappa shape index (κ3) is 2.16. The molecule has 2 aromatic carbocycles. The quantitative estimate of drug-likeness (QED) is 0.705. The first kappa shape index (κ1) is 14.5. The Morgan fingerprint density at radius 3 is 2.50 bits per heavy atom. The van der Waals surface area contributed by atoms with Crippen LogP contribution >= 0.6 is 0 Å². The lowest BCUT2D eigenvalue weighted by molar-refractivity contribution is 0.397. The van der Waals surface area contributed by atoms with Crippen molar-refractivity contribution in [1.82, 2.24) is 4.98 Å². The third-order valence-corrected chi connectivity index (χ3v) is 4.55. The number of nitriles is 1. The van der Waals surface area contributed by atoms with E-state index in [9.17, 15) is 5.26 Å². The molecule has 0 saturated heterocycles. The van der Waals surface area contributed by atoms with E-state index >= 15 is 0 Å². The molecule has 0 aliphatic heterocycles.